The van der Waals surface area contributed by atoms with Gasteiger partial charge in [0.05, 0.1) is 6.54 Å². The number of anilines is 1. The first-order chi connectivity index (χ1) is 9.56. The number of benzene rings is 1. The minimum absolute atomic E-state index is 0.0881. The summed E-state index contributed by atoms with van der Waals surface area (Å²) in [4.78, 5) is 25.6. The van der Waals surface area contributed by atoms with E-state index < -0.39 is 0 Å². The zero-order valence-electron chi connectivity index (χ0n) is 11.6. The number of hydrogen-bond donors (Lipinski definition) is 1. The van der Waals surface area contributed by atoms with Crippen molar-refractivity contribution in [2.45, 2.75) is 32.6 Å². The summed E-state index contributed by atoms with van der Waals surface area (Å²) < 4.78 is 0.982. The van der Waals surface area contributed by atoms with E-state index in [0.717, 1.165) is 35.0 Å². The largest absolute Gasteiger partial charge is 0.333 e. The van der Waals surface area contributed by atoms with E-state index in [1.165, 1.54) is 0 Å². The van der Waals surface area contributed by atoms with Crippen molar-refractivity contribution in [3.8, 4) is 0 Å². The maximum Gasteiger partial charge on any atom is 0.244 e. The number of nitrogens with zero attached hydrogens (tertiary/aromatic N) is 1. The van der Waals surface area contributed by atoms with Crippen LogP contribution >= 0.6 is 15.9 Å². The Balaban J connectivity index is 1.96. The minimum atomic E-state index is -0.134. The summed E-state index contributed by atoms with van der Waals surface area (Å²) in [7, 11) is 0. The molecule has 0 bridgehead atoms. The van der Waals surface area contributed by atoms with Gasteiger partial charge >= 0.3 is 0 Å². The Kier molecular flexibility index (Phi) is 5.17. The predicted octanol–water partition coefficient (Wildman–Crippen LogP) is 3.10. The Morgan fingerprint density at radius 3 is 2.90 bits per heavy atom. The topological polar surface area (TPSA) is 49.4 Å². The maximum absolute atomic E-state index is 12.1. The fourth-order valence-electron chi connectivity index (χ4n) is 2.34. The molecule has 108 valence electrons. The van der Waals surface area contributed by atoms with E-state index in [0.29, 0.717) is 13.0 Å². The van der Waals surface area contributed by atoms with Crippen LogP contribution in [0.25, 0.3) is 0 Å². The summed E-state index contributed by atoms with van der Waals surface area (Å²) in [5, 5.41) is 2.87. The van der Waals surface area contributed by atoms with Gasteiger partial charge in [-0.2, -0.15) is 0 Å². The number of amides is 2. The van der Waals surface area contributed by atoms with Gasteiger partial charge in [-0.15, -0.1) is 0 Å². The van der Waals surface area contributed by atoms with E-state index in [9.17, 15) is 9.59 Å². The lowest BCUT2D eigenvalue weighted by atomic mass is 10.2. The van der Waals surface area contributed by atoms with Crippen molar-refractivity contribution in [2.75, 3.05) is 18.4 Å². The molecule has 20 heavy (non-hydrogen) atoms. The van der Waals surface area contributed by atoms with Crippen molar-refractivity contribution >= 4 is 33.4 Å². The Morgan fingerprint density at radius 2 is 2.15 bits per heavy atom. The van der Waals surface area contributed by atoms with Crippen LogP contribution < -0.4 is 5.32 Å². The molecule has 0 spiro atoms. The maximum atomic E-state index is 12.1. The standard InChI is InChI=1S/C15H19BrN2O2/c1-11-9-12(16)6-7-13(11)17-14(19)10-18-8-4-2-3-5-15(18)20/h6-7,9H,2-5,8,10H2,1H3,(H,17,19). The number of nitrogens with one attached hydrogen (secondary N) is 1. The predicted molar refractivity (Wildman–Crippen MR) is 82.6 cm³/mol. The number of halogens is 1. The second-order valence-electron chi connectivity index (χ2n) is 5.13. The highest BCUT2D eigenvalue weighted by atomic mass is 79.9. The Labute approximate surface area is 127 Å². The molecule has 0 aliphatic carbocycles. The van der Waals surface area contributed by atoms with Crippen LogP contribution in [0.5, 0.6) is 0 Å². The van der Waals surface area contributed by atoms with Gasteiger partial charge in [-0.25, -0.2) is 0 Å². The first-order valence-corrected chi connectivity index (χ1v) is 7.69. The monoisotopic (exact) mass is 338 g/mol. The fourth-order valence-corrected chi connectivity index (χ4v) is 2.81. The van der Waals surface area contributed by atoms with Crippen molar-refractivity contribution in [1.82, 2.24) is 4.90 Å². The Morgan fingerprint density at radius 1 is 1.35 bits per heavy atom. The second-order valence-corrected chi connectivity index (χ2v) is 6.05. The highest BCUT2D eigenvalue weighted by Gasteiger charge is 2.19. The SMILES string of the molecule is Cc1cc(Br)ccc1NC(=O)CN1CCCCCC1=O. The third-order valence-corrected chi connectivity index (χ3v) is 3.96. The smallest absolute Gasteiger partial charge is 0.244 e. The van der Waals surface area contributed by atoms with E-state index in [1.807, 2.05) is 25.1 Å². The van der Waals surface area contributed by atoms with Crippen molar-refractivity contribution in [3.05, 3.63) is 28.2 Å². The van der Waals surface area contributed by atoms with Crippen LogP contribution in [-0.2, 0) is 9.59 Å². The molecule has 0 aromatic heterocycles. The second kappa shape index (κ2) is 6.88. The molecule has 0 unspecified atom stereocenters. The molecule has 1 fully saturated rings. The third kappa shape index (κ3) is 4.07. The molecule has 0 atom stereocenters. The van der Waals surface area contributed by atoms with Crippen LogP contribution in [-0.4, -0.2) is 29.8 Å². The molecule has 1 aliphatic heterocycles. The Hall–Kier alpha value is -1.36. The highest BCUT2D eigenvalue weighted by molar-refractivity contribution is 9.10. The molecule has 1 aromatic rings. The van der Waals surface area contributed by atoms with Gasteiger partial charge in [0.25, 0.3) is 0 Å². The quantitative estimate of drug-likeness (QED) is 0.920. The van der Waals surface area contributed by atoms with E-state index in [4.69, 9.17) is 0 Å². The molecule has 0 radical (unpaired) electrons. The van der Waals surface area contributed by atoms with Crippen LogP contribution in [0.4, 0.5) is 5.69 Å². The van der Waals surface area contributed by atoms with Crippen LogP contribution in [0.2, 0.25) is 0 Å². The van der Waals surface area contributed by atoms with Gasteiger partial charge in [-0.1, -0.05) is 22.4 Å². The molecule has 2 amide bonds. The van der Waals surface area contributed by atoms with Gasteiger partial charge in [0.1, 0.15) is 0 Å². The molecule has 1 heterocycles. The van der Waals surface area contributed by atoms with Crippen molar-refractivity contribution in [3.63, 3.8) is 0 Å². The van der Waals surface area contributed by atoms with Gasteiger partial charge in [0.15, 0.2) is 0 Å². The summed E-state index contributed by atoms with van der Waals surface area (Å²) in [6.45, 7) is 2.78. The first kappa shape index (κ1) is 15.0. The minimum Gasteiger partial charge on any atom is -0.333 e. The number of hydrogen-bond acceptors (Lipinski definition) is 2. The van der Waals surface area contributed by atoms with Gasteiger partial charge in [-0.05, 0) is 43.5 Å². The van der Waals surface area contributed by atoms with E-state index in [-0.39, 0.29) is 18.4 Å². The lowest BCUT2D eigenvalue weighted by Crippen LogP contribution is -2.37. The van der Waals surface area contributed by atoms with Crippen molar-refractivity contribution < 1.29 is 9.59 Å². The summed E-state index contributed by atoms with van der Waals surface area (Å²) in [5.41, 5.74) is 1.79. The van der Waals surface area contributed by atoms with Crippen LogP contribution in [0.1, 0.15) is 31.2 Å². The summed E-state index contributed by atoms with van der Waals surface area (Å²) >= 11 is 3.39. The highest BCUT2D eigenvalue weighted by Crippen LogP contribution is 2.20. The molecule has 1 saturated heterocycles. The normalized spacial score (nSPS) is 15.9. The molecular weight excluding hydrogens is 320 g/mol. The van der Waals surface area contributed by atoms with E-state index in [2.05, 4.69) is 21.2 Å². The first-order valence-electron chi connectivity index (χ1n) is 6.90. The summed E-state index contributed by atoms with van der Waals surface area (Å²) in [5.74, 6) is -0.0455. The van der Waals surface area contributed by atoms with E-state index in [1.54, 1.807) is 4.90 Å². The molecular formula is C15H19BrN2O2. The van der Waals surface area contributed by atoms with Crippen LogP contribution in [0.15, 0.2) is 22.7 Å². The molecule has 4 nitrogen and oxygen atoms in total. The zero-order valence-corrected chi connectivity index (χ0v) is 13.2. The molecule has 0 saturated carbocycles. The van der Waals surface area contributed by atoms with Crippen LogP contribution in [0, 0.1) is 6.92 Å². The van der Waals surface area contributed by atoms with Crippen molar-refractivity contribution in [1.29, 1.82) is 0 Å². The number of carbonyl (C=O) groups is 2. The zero-order chi connectivity index (χ0) is 14.5. The van der Waals surface area contributed by atoms with Gasteiger partial charge in [-0.3, -0.25) is 9.59 Å². The van der Waals surface area contributed by atoms with Crippen molar-refractivity contribution in [2.24, 2.45) is 0 Å². The average molecular weight is 339 g/mol. The molecule has 2 rings (SSSR count). The molecule has 5 heteroatoms. The van der Waals surface area contributed by atoms with Gasteiger partial charge < -0.3 is 10.2 Å². The third-order valence-electron chi connectivity index (χ3n) is 3.47. The average Bonchev–Trinajstić information content (AvgIpc) is 2.59. The molecule has 1 aromatic carbocycles. The van der Waals surface area contributed by atoms with Gasteiger partial charge in [0.2, 0.25) is 11.8 Å². The summed E-state index contributed by atoms with van der Waals surface area (Å²) in [6, 6.07) is 5.70. The fraction of sp³-hybridized carbons (Fsp3) is 0.467. The number of likely N-dealkylation sites (tertiary alicyclic amines) is 1. The number of carbonyl (C=O) groups excluding carboxylic acids is 2. The molecule has 1 N–H and O–H groups in total. The lowest BCUT2D eigenvalue weighted by Gasteiger charge is -2.20. The molecule has 1 aliphatic rings. The summed E-state index contributed by atoms with van der Waals surface area (Å²) in [6.07, 6.45) is 3.54. The lowest BCUT2D eigenvalue weighted by molar-refractivity contribution is -0.134. The number of aryl methyl sites for hydroxylation is 1. The van der Waals surface area contributed by atoms with E-state index >= 15 is 0 Å². The number of rotatable bonds is 3. The van der Waals surface area contributed by atoms with Crippen LogP contribution in [0.3, 0.4) is 0 Å². The Bertz CT molecular complexity index is 517. The van der Waals surface area contributed by atoms with Gasteiger partial charge in [0, 0.05) is 23.1 Å².